The molecule has 0 aromatic heterocycles. The molecule has 9 heteroatoms. The van der Waals surface area contributed by atoms with Crippen LogP contribution in [0.4, 0.5) is 22.4 Å². The maximum atomic E-state index is 14.0. The van der Waals surface area contributed by atoms with Crippen LogP contribution in [0, 0.1) is 5.82 Å². The van der Waals surface area contributed by atoms with E-state index in [4.69, 9.17) is 0 Å². The van der Waals surface area contributed by atoms with Crippen LogP contribution >= 0.6 is 0 Å². The van der Waals surface area contributed by atoms with Gasteiger partial charge in [0, 0.05) is 24.7 Å². The summed E-state index contributed by atoms with van der Waals surface area (Å²) < 4.78 is 52.8. The smallest absolute Gasteiger partial charge is 0.416 e. The second kappa shape index (κ2) is 9.36. The van der Waals surface area contributed by atoms with Crippen LogP contribution in [0.25, 0.3) is 0 Å². The molecule has 2 amide bonds. The molecule has 31 heavy (non-hydrogen) atoms. The molecular weight excluding hydrogens is 416 g/mol. The topological polar surface area (TPSA) is 69.6 Å². The Morgan fingerprint density at radius 3 is 2.52 bits per heavy atom. The van der Waals surface area contributed by atoms with Gasteiger partial charge in [-0.25, -0.2) is 9.18 Å². The molecule has 5 nitrogen and oxygen atoms in total. The van der Waals surface area contributed by atoms with E-state index in [0.717, 1.165) is 6.07 Å². The summed E-state index contributed by atoms with van der Waals surface area (Å²) in [7, 11) is 0. The van der Waals surface area contributed by atoms with Crippen LogP contribution in [0.5, 0.6) is 0 Å². The zero-order valence-corrected chi connectivity index (χ0v) is 16.5. The zero-order valence-electron chi connectivity index (χ0n) is 16.5. The van der Waals surface area contributed by atoms with Gasteiger partial charge in [0.15, 0.2) is 0 Å². The number of hydrogen-bond acceptors (Lipinski definition) is 2. The lowest BCUT2D eigenvalue weighted by atomic mass is 9.90. The Morgan fingerprint density at radius 2 is 1.87 bits per heavy atom. The van der Waals surface area contributed by atoms with Crippen LogP contribution in [0.15, 0.2) is 48.5 Å². The number of benzene rings is 2. The van der Waals surface area contributed by atoms with Gasteiger partial charge in [-0.15, -0.1) is 0 Å². The molecule has 1 heterocycles. The monoisotopic (exact) mass is 438 g/mol. The quantitative estimate of drug-likeness (QED) is 0.638. The summed E-state index contributed by atoms with van der Waals surface area (Å²) in [5.74, 6) is -2.07. The minimum absolute atomic E-state index is 0.229. The van der Waals surface area contributed by atoms with Gasteiger partial charge in [-0.3, -0.25) is 4.79 Å². The van der Waals surface area contributed by atoms with Crippen LogP contribution in [0.2, 0.25) is 0 Å². The summed E-state index contributed by atoms with van der Waals surface area (Å²) in [6, 6.07) is 10.4. The Hall–Kier alpha value is -3.10. The number of alkyl halides is 3. The van der Waals surface area contributed by atoms with E-state index in [0.29, 0.717) is 37.1 Å². The lowest BCUT2D eigenvalue weighted by molar-refractivity contribution is -0.137. The van der Waals surface area contributed by atoms with Gasteiger partial charge in [-0.2, -0.15) is 13.2 Å². The minimum atomic E-state index is -4.62. The summed E-state index contributed by atoms with van der Waals surface area (Å²) in [4.78, 5) is 25.7. The third kappa shape index (κ3) is 5.53. The van der Waals surface area contributed by atoms with E-state index in [1.54, 1.807) is 30.3 Å². The predicted molar refractivity (Wildman–Crippen MR) is 105 cm³/mol. The summed E-state index contributed by atoms with van der Waals surface area (Å²) in [5.41, 5.74) is -0.620. The molecule has 0 spiro atoms. The van der Waals surface area contributed by atoms with Gasteiger partial charge in [0.2, 0.25) is 5.91 Å². The Morgan fingerprint density at radius 1 is 1.16 bits per heavy atom. The van der Waals surface area contributed by atoms with Crippen LogP contribution < -0.4 is 5.32 Å². The Kier molecular flexibility index (Phi) is 6.82. The first-order chi connectivity index (χ1) is 14.7. The van der Waals surface area contributed by atoms with Gasteiger partial charge in [-0.05, 0) is 43.0 Å². The summed E-state index contributed by atoms with van der Waals surface area (Å²) in [6.45, 7) is -0.0240. The van der Waals surface area contributed by atoms with Crippen molar-refractivity contribution in [1.29, 1.82) is 0 Å². The molecule has 1 unspecified atom stereocenters. The first-order valence-corrected chi connectivity index (χ1v) is 9.84. The van der Waals surface area contributed by atoms with E-state index in [1.807, 2.05) is 0 Å². The van der Waals surface area contributed by atoms with Gasteiger partial charge in [-0.1, -0.05) is 30.3 Å². The lowest BCUT2D eigenvalue weighted by Crippen LogP contribution is -2.38. The van der Waals surface area contributed by atoms with Crippen molar-refractivity contribution < 1.29 is 32.3 Å². The highest BCUT2D eigenvalue weighted by Crippen LogP contribution is 2.31. The molecule has 166 valence electrons. The highest BCUT2D eigenvalue weighted by atomic mass is 19.4. The fourth-order valence-electron chi connectivity index (χ4n) is 3.88. The zero-order chi connectivity index (χ0) is 22.6. The van der Waals surface area contributed by atoms with Crippen LogP contribution in [0.1, 0.15) is 41.9 Å². The number of rotatable bonds is 6. The molecule has 0 saturated carbocycles. The van der Waals surface area contributed by atoms with E-state index in [-0.39, 0.29) is 18.0 Å². The average Bonchev–Trinajstić information content (AvgIpc) is 3.19. The fourth-order valence-corrected chi connectivity index (χ4v) is 3.88. The second-order valence-electron chi connectivity index (χ2n) is 7.49. The molecule has 0 aliphatic carbocycles. The van der Waals surface area contributed by atoms with E-state index in [1.165, 1.54) is 4.90 Å². The van der Waals surface area contributed by atoms with Gasteiger partial charge in [0.05, 0.1) is 11.5 Å². The first-order valence-electron chi connectivity index (χ1n) is 9.84. The highest BCUT2D eigenvalue weighted by Gasteiger charge is 2.34. The molecule has 1 aliphatic heterocycles. The standard InChI is InChI=1S/C22H22F4N2O3/c23-19-9-8-16(22(24,25)26)11-15(19)13-27-20(29)18(14-5-2-1-3-6-14)12-17-7-4-10-28(17)21(30)31/h1-3,5-6,8-9,11,17-18H,4,7,10,12-13H2,(H,27,29)(H,30,31)/t17-,18?/m0/s1. The Labute approximate surface area is 176 Å². The molecule has 2 aromatic carbocycles. The number of likely N-dealkylation sites (tertiary alicyclic amines) is 1. The predicted octanol–water partition coefficient (Wildman–Crippen LogP) is 4.78. The molecule has 1 aliphatic rings. The van der Waals surface area contributed by atoms with Gasteiger partial charge >= 0.3 is 12.3 Å². The van der Waals surface area contributed by atoms with Crippen LogP contribution in [-0.2, 0) is 17.5 Å². The largest absolute Gasteiger partial charge is 0.465 e. The third-order valence-corrected chi connectivity index (χ3v) is 5.48. The molecule has 2 atom stereocenters. The van der Waals surface area contributed by atoms with E-state index >= 15 is 0 Å². The average molecular weight is 438 g/mol. The molecule has 1 fully saturated rings. The SMILES string of the molecule is O=C(NCc1cc(C(F)(F)F)ccc1F)C(C[C@@H]1CCCN1C(=O)O)c1ccccc1. The van der Waals surface area contributed by atoms with Crippen molar-refractivity contribution in [2.45, 2.75) is 43.9 Å². The molecular formula is C22H22F4N2O3. The maximum absolute atomic E-state index is 14.0. The summed E-state index contributed by atoms with van der Waals surface area (Å²) >= 11 is 0. The van der Waals surface area contributed by atoms with Crippen molar-refractivity contribution in [3.63, 3.8) is 0 Å². The van der Waals surface area contributed by atoms with Crippen molar-refractivity contribution >= 4 is 12.0 Å². The molecule has 3 rings (SSSR count). The molecule has 1 saturated heterocycles. The van der Waals surface area contributed by atoms with Crippen molar-refractivity contribution in [2.24, 2.45) is 0 Å². The summed E-state index contributed by atoms with van der Waals surface area (Å²) in [5, 5.41) is 11.9. The highest BCUT2D eigenvalue weighted by molar-refractivity contribution is 5.83. The van der Waals surface area contributed by atoms with Gasteiger partial charge < -0.3 is 15.3 Å². The van der Waals surface area contributed by atoms with E-state index in [2.05, 4.69) is 5.32 Å². The van der Waals surface area contributed by atoms with Crippen LogP contribution in [0.3, 0.4) is 0 Å². The maximum Gasteiger partial charge on any atom is 0.416 e. The Bertz CT molecular complexity index is 934. The molecule has 0 bridgehead atoms. The molecule has 2 N–H and O–H groups in total. The number of halogens is 4. The first kappa shape index (κ1) is 22.6. The number of carbonyl (C=O) groups excluding carboxylic acids is 1. The lowest BCUT2D eigenvalue weighted by Gasteiger charge is -2.26. The fraction of sp³-hybridized carbons (Fsp3) is 0.364. The van der Waals surface area contributed by atoms with Gasteiger partial charge in [0.25, 0.3) is 0 Å². The summed E-state index contributed by atoms with van der Waals surface area (Å²) in [6.07, 6.45) is -4.14. The molecule has 2 aromatic rings. The van der Waals surface area contributed by atoms with Crippen LogP contribution in [-0.4, -0.2) is 34.6 Å². The van der Waals surface area contributed by atoms with E-state index in [9.17, 15) is 32.3 Å². The number of nitrogens with one attached hydrogen (secondary N) is 1. The number of nitrogens with zero attached hydrogens (tertiary/aromatic N) is 1. The Balaban J connectivity index is 1.77. The van der Waals surface area contributed by atoms with Gasteiger partial charge in [0.1, 0.15) is 5.82 Å². The number of amides is 2. The van der Waals surface area contributed by atoms with Crippen molar-refractivity contribution in [3.05, 3.63) is 71.0 Å². The van der Waals surface area contributed by atoms with Crippen molar-refractivity contribution in [3.8, 4) is 0 Å². The third-order valence-electron chi connectivity index (χ3n) is 5.48. The second-order valence-corrected chi connectivity index (χ2v) is 7.49. The normalized spacial score (nSPS) is 17.4. The van der Waals surface area contributed by atoms with Crippen molar-refractivity contribution in [1.82, 2.24) is 10.2 Å². The minimum Gasteiger partial charge on any atom is -0.465 e. The number of hydrogen-bond donors (Lipinski definition) is 2. The molecule has 0 radical (unpaired) electrons. The van der Waals surface area contributed by atoms with E-state index < -0.39 is 42.0 Å². The number of carbonyl (C=O) groups is 2. The van der Waals surface area contributed by atoms with Crippen molar-refractivity contribution in [2.75, 3.05) is 6.54 Å². The number of carboxylic acid groups (broad SMARTS) is 1.